The van der Waals surface area contributed by atoms with E-state index in [1.165, 1.54) is 6.20 Å². The van der Waals surface area contributed by atoms with Crippen molar-refractivity contribution in [1.29, 1.82) is 0 Å². The number of anilines is 1. The minimum atomic E-state index is -0.992. The van der Waals surface area contributed by atoms with Crippen molar-refractivity contribution in [3.05, 3.63) is 23.9 Å². The number of morpholine rings is 1. The molecular formula is C11H13N3O4. The van der Waals surface area contributed by atoms with Crippen molar-refractivity contribution < 1.29 is 19.4 Å². The van der Waals surface area contributed by atoms with Gasteiger partial charge in [0.2, 0.25) is 5.91 Å². The zero-order valence-corrected chi connectivity index (χ0v) is 9.57. The number of nitrogens with zero attached hydrogens (tertiary/aromatic N) is 2. The third-order valence-corrected chi connectivity index (χ3v) is 2.70. The van der Waals surface area contributed by atoms with E-state index >= 15 is 0 Å². The van der Waals surface area contributed by atoms with Gasteiger partial charge in [-0.2, -0.15) is 0 Å². The first-order valence-electron chi connectivity index (χ1n) is 5.43. The highest BCUT2D eigenvalue weighted by Gasteiger charge is 2.26. The van der Waals surface area contributed by atoms with Crippen molar-refractivity contribution in [1.82, 2.24) is 4.98 Å². The fourth-order valence-electron chi connectivity index (χ4n) is 1.73. The predicted molar refractivity (Wildman–Crippen MR) is 62.3 cm³/mol. The Morgan fingerprint density at radius 3 is 2.83 bits per heavy atom. The number of hydrogen-bond acceptors (Lipinski definition) is 5. The first kappa shape index (κ1) is 12.3. The van der Waals surface area contributed by atoms with Crippen molar-refractivity contribution in [2.75, 3.05) is 24.6 Å². The van der Waals surface area contributed by atoms with Gasteiger partial charge < -0.3 is 20.5 Å². The number of rotatable bonds is 3. The van der Waals surface area contributed by atoms with E-state index < -0.39 is 18.0 Å². The van der Waals surface area contributed by atoms with Gasteiger partial charge in [0.1, 0.15) is 5.82 Å². The minimum Gasteiger partial charge on any atom is -0.479 e. The molecule has 0 bridgehead atoms. The van der Waals surface area contributed by atoms with Crippen molar-refractivity contribution in [3.63, 3.8) is 0 Å². The molecule has 2 rings (SSSR count). The summed E-state index contributed by atoms with van der Waals surface area (Å²) < 4.78 is 5.11. The van der Waals surface area contributed by atoms with Gasteiger partial charge in [-0.25, -0.2) is 9.78 Å². The van der Waals surface area contributed by atoms with E-state index in [9.17, 15) is 9.59 Å². The highest BCUT2D eigenvalue weighted by Crippen LogP contribution is 2.15. The lowest BCUT2D eigenvalue weighted by Crippen LogP contribution is -2.46. The van der Waals surface area contributed by atoms with Crippen LogP contribution < -0.4 is 10.6 Å². The first-order valence-corrected chi connectivity index (χ1v) is 5.43. The van der Waals surface area contributed by atoms with E-state index in [2.05, 4.69) is 4.98 Å². The summed E-state index contributed by atoms with van der Waals surface area (Å²) in [5, 5.41) is 8.89. The van der Waals surface area contributed by atoms with Crippen molar-refractivity contribution >= 4 is 17.7 Å². The highest BCUT2D eigenvalue weighted by atomic mass is 16.5. The summed E-state index contributed by atoms with van der Waals surface area (Å²) in [5.41, 5.74) is 5.43. The lowest BCUT2D eigenvalue weighted by molar-refractivity contribution is -0.150. The maximum atomic E-state index is 10.9. The van der Waals surface area contributed by atoms with Gasteiger partial charge in [0, 0.05) is 12.7 Å². The monoisotopic (exact) mass is 251 g/mol. The van der Waals surface area contributed by atoms with Crippen LogP contribution in [-0.2, 0) is 9.53 Å². The zero-order valence-electron chi connectivity index (χ0n) is 9.57. The summed E-state index contributed by atoms with van der Waals surface area (Å²) in [6.45, 7) is 1.13. The number of aliphatic carboxylic acids is 1. The summed E-state index contributed by atoms with van der Waals surface area (Å²) in [6, 6.07) is 3.21. The Morgan fingerprint density at radius 1 is 1.50 bits per heavy atom. The minimum absolute atomic E-state index is 0.234. The molecule has 1 aromatic heterocycles. The van der Waals surface area contributed by atoms with Crippen molar-refractivity contribution in [2.24, 2.45) is 5.73 Å². The fraction of sp³-hybridized carbons (Fsp3) is 0.364. The Hall–Kier alpha value is -2.15. The van der Waals surface area contributed by atoms with E-state index in [1.54, 1.807) is 17.0 Å². The first-order chi connectivity index (χ1) is 8.58. The molecule has 0 saturated carbocycles. The zero-order chi connectivity index (χ0) is 13.1. The van der Waals surface area contributed by atoms with Gasteiger partial charge in [-0.15, -0.1) is 0 Å². The molecule has 1 fully saturated rings. The largest absolute Gasteiger partial charge is 0.479 e. The molecule has 0 aliphatic carbocycles. The topological polar surface area (TPSA) is 106 Å². The number of ether oxygens (including phenoxy) is 1. The van der Waals surface area contributed by atoms with Crippen LogP contribution in [0.2, 0.25) is 0 Å². The van der Waals surface area contributed by atoms with Gasteiger partial charge in [-0.3, -0.25) is 4.79 Å². The number of carbonyl (C=O) groups excluding carboxylic acids is 1. The van der Waals surface area contributed by atoms with Crippen LogP contribution in [0.25, 0.3) is 0 Å². The van der Waals surface area contributed by atoms with Crippen molar-refractivity contribution in [3.8, 4) is 0 Å². The number of primary amides is 1. The predicted octanol–water partition coefficient (Wildman–Crippen LogP) is -0.530. The molecule has 1 unspecified atom stereocenters. The molecule has 1 aliphatic rings. The molecule has 0 radical (unpaired) electrons. The van der Waals surface area contributed by atoms with Gasteiger partial charge in [0.15, 0.2) is 6.10 Å². The molecule has 96 valence electrons. The Labute approximate surface area is 103 Å². The molecule has 7 nitrogen and oxygen atoms in total. The quantitative estimate of drug-likeness (QED) is 0.748. The number of carboxylic acid groups (broad SMARTS) is 1. The molecular weight excluding hydrogens is 238 g/mol. The number of hydrogen-bond donors (Lipinski definition) is 2. The Kier molecular flexibility index (Phi) is 3.42. The Morgan fingerprint density at radius 2 is 2.28 bits per heavy atom. The number of carboxylic acids is 1. The van der Waals surface area contributed by atoms with E-state index in [0.717, 1.165) is 0 Å². The molecule has 2 heterocycles. The van der Waals surface area contributed by atoms with E-state index in [1.807, 2.05) is 0 Å². The molecule has 0 spiro atoms. The van der Waals surface area contributed by atoms with E-state index in [0.29, 0.717) is 24.5 Å². The van der Waals surface area contributed by atoms with Crippen LogP contribution in [0.15, 0.2) is 18.3 Å². The SMILES string of the molecule is NC(=O)c1ccc(N2CCOC(C(=O)O)C2)nc1. The number of amides is 1. The van der Waals surface area contributed by atoms with Gasteiger partial charge in [0.25, 0.3) is 0 Å². The third-order valence-electron chi connectivity index (χ3n) is 2.70. The van der Waals surface area contributed by atoms with Gasteiger partial charge >= 0.3 is 5.97 Å². The maximum Gasteiger partial charge on any atom is 0.334 e. The van der Waals surface area contributed by atoms with Crippen molar-refractivity contribution in [2.45, 2.75) is 6.10 Å². The van der Waals surface area contributed by atoms with Crippen LogP contribution in [0.1, 0.15) is 10.4 Å². The van der Waals surface area contributed by atoms with Gasteiger partial charge in [-0.05, 0) is 12.1 Å². The van der Waals surface area contributed by atoms with E-state index in [-0.39, 0.29) is 6.54 Å². The lowest BCUT2D eigenvalue weighted by Gasteiger charge is -2.31. The molecule has 1 amide bonds. The Balaban J connectivity index is 2.11. The molecule has 3 N–H and O–H groups in total. The number of nitrogens with two attached hydrogens (primary N) is 1. The third kappa shape index (κ3) is 2.57. The van der Waals surface area contributed by atoms with Crippen LogP contribution in [-0.4, -0.2) is 47.8 Å². The standard InChI is InChI=1S/C11H13N3O4/c12-10(15)7-1-2-9(13-5-7)14-3-4-18-8(6-14)11(16)17/h1-2,5,8H,3-4,6H2,(H2,12,15)(H,16,17). The molecule has 7 heteroatoms. The normalized spacial score (nSPS) is 19.6. The van der Waals surface area contributed by atoms with Crippen LogP contribution in [0.3, 0.4) is 0 Å². The number of aromatic nitrogens is 1. The Bertz CT molecular complexity index is 460. The second kappa shape index (κ2) is 5.01. The molecule has 1 aromatic rings. The van der Waals surface area contributed by atoms with Gasteiger partial charge in [-0.1, -0.05) is 0 Å². The molecule has 1 atom stereocenters. The average molecular weight is 251 g/mol. The van der Waals surface area contributed by atoms with E-state index in [4.69, 9.17) is 15.6 Å². The summed E-state index contributed by atoms with van der Waals surface area (Å²) >= 11 is 0. The fourth-order valence-corrected chi connectivity index (χ4v) is 1.73. The summed E-state index contributed by atoms with van der Waals surface area (Å²) in [6.07, 6.45) is 0.527. The second-order valence-electron chi connectivity index (χ2n) is 3.91. The van der Waals surface area contributed by atoms with Crippen LogP contribution in [0.4, 0.5) is 5.82 Å². The number of pyridine rings is 1. The summed E-state index contributed by atoms with van der Waals surface area (Å²) in [5.74, 6) is -0.928. The molecule has 0 aromatic carbocycles. The molecule has 18 heavy (non-hydrogen) atoms. The van der Waals surface area contributed by atoms with Crippen LogP contribution in [0.5, 0.6) is 0 Å². The second-order valence-corrected chi connectivity index (χ2v) is 3.91. The molecule has 1 aliphatic heterocycles. The highest BCUT2D eigenvalue weighted by molar-refractivity contribution is 5.92. The average Bonchev–Trinajstić information content (AvgIpc) is 2.39. The lowest BCUT2D eigenvalue weighted by atomic mass is 10.2. The maximum absolute atomic E-state index is 10.9. The molecule has 1 saturated heterocycles. The van der Waals surface area contributed by atoms with Crippen LogP contribution >= 0.6 is 0 Å². The smallest absolute Gasteiger partial charge is 0.334 e. The summed E-state index contributed by atoms with van der Waals surface area (Å²) in [4.78, 5) is 27.6. The summed E-state index contributed by atoms with van der Waals surface area (Å²) in [7, 11) is 0. The van der Waals surface area contributed by atoms with Crippen LogP contribution in [0, 0.1) is 0 Å². The number of carbonyl (C=O) groups is 2. The van der Waals surface area contributed by atoms with Gasteiger partial charge in [0.05, 0.1) is 18.7 Å².